The Bertz CT molecular complexity index is 596. The Morgan fingerprint density at radius 3 is 2.86 bits per heavy atom. The number of methoxy groups -OCH3 is 1. The third kappa shape index (κ3) is 3.76. The van der Waals surface area contributed by atoms with E-state index in [1.54, 1.807) is 36.6 Å². The molecule has 0 saturated heterocycles. The molecule has 0 spiro atoms. The number of amides is 1. The molecule has 2 aromatic rings. The van der Waals surface area contributed by atoms with E-state index in [4.69, 9.17) is 10.5 Å². The lowest BCUT2D eigenvalue weighted by molar-refractivity contribution is 0.0932. The molecule has 2 rings (SSSR count). The van der Waals surface area contributed by atoms with Gasteiger partial charge >= 0.3 is 0 Å². The van der Waals surface area contributed by atoms with Crippen LogP contribution < -0.4 is 15.8 Å². The topological polar surface area (TPSA) is 64.4 Å². The molecule has 1 unspecified atom stereocenters. The van der Waals surface area contributed by atoms with Gasteiger partial charge in [-0.25, -0.2) is 0 Å². The number of carbonyl (C=O) groups excluding carboxylic acids is 1. The van der Waals surface area contributed by atoms with Gasteiger partial charge in [0.2, 0.25) is 0 Å². The molecular formula is C16H20N2O2S. The molecule has 1 aromatic carbocycles. The highest BCUT2D eigenvalue weighted by Crippen LogP contribution is 2.26. The molecule has 5 heteroatoms. The summed E-state index contributed by atoms with van der Waals surface area (Å²) in [5.41, 5.74) is 6.78. The summed E-state index contributed by atoms with van der Waals surface area (Å²) >= 11 is 1.65. The number of benzene rings is 1. The van der Waals surface area contributed by atoms with E-state index in [1.807, 2.05) is 17.5 Å². The standard InChI is InChI=1S/C16H20N2O2S/c1-3-5-13(15-6-4-9-21-15)18-16(19)12-10-11(17)7-8-14(12)20-2/h4,6-10,13H,3,5,17H2,1-2H3,(H,18,19). The zero-order valence-electron chi connectivity index (χ0n) is 12.3. The van der Waals surface area contributed by atoms with Crippen LogP contribution in [0.1, 0.15) is 41.0 Å². The maximum Gasteiger partial charge on any atom is 0.255 e. The molecule has 21 heavy (non-hydrogen) atoms. The molecule has 1 aromatic heterocycles. The van der Waals surface area contributed by atoms with Crippen molar-refractivity contribution >= 4 is 22.9 Å². The SMILES string of the molecule is CCCC(NC(=O)c1cc(N)ccc1OC)c1cccs1. The van der Waals surface area contributed by atoms with Crippen LogP contribution in [0.2, 0.25) is 0 Å². The van der Waals surface area contributed by atoms with Crippen molar-refractivity contribution in [1.29, 1.82) is 0 Å². The molecule has 0 aliphatic carbocycles. The number of thiophene rings is 1. The largest absolute Gasteiger partial charge is 0.496 e. The first kappa shape index (κ1) is 15.4. The number of nitrogens with two attached hydrogens (primary N) is 1. The molecule has 0 aliphatic heterocycles. The van der Waals surface area contributed by atoms with E-state index in [0.717, 1.165) is 17.7 Å². The molecule has 112 valence electrons. The Morgan fingerprint density at radius 1 is 1.43 bits per heavy atom. The predicted molar refractivity (Wildman–Crippen MR) is 86.8 cm³/mol. The first-order valence-corrected chi connectivity index (χ1v) is 7.81. The summed E-state index contributed by atoms with van der Waals surface area (Å²) in [5, 5.41) is 5.09. The highest BCUT2D eigenvalue weighted by atomic mass is 32.1. The summed E-state index contributed by atoms with van der Waals surface area (Å²) in [5.74, 6) is 0.370. The van der Waals surface area contributed by atoms with Crippen molar-refractivity contribution in [2.75, 3.05) is 12.8 Å². The number of carbonyl (C=O) groups is 1. The summed E-state index contributed by atoms with van der Waals surface area (Å²) in [6.45, 7) is 2.11. The summed E-state index contributed by atoms with van der Waals surface area (Å²) in [4.78, 5) is 13.7. The number of ether oxygens (including phenoxy) is 1. The molecule has 4 nitrogen and oxygen atoms in total. The number of nitrogens with one attached hydrogen (secondary N) is 1. The lowest BCUT2D eigenvalue weighted by atomic mass is 10.1. The Hall–Kier alpha value is -2.01. The van der Waals surface area contributed by atoms with E-state index in [1.165, 1.54) is 0 Å². The van der Waals surface area contributed by atoms with Crippen LogP contribution in [0.5, 0.6) is 5.75 Å². The van der Waals surface area contributed by atoms with Gasteiger partial charge in [-0.1, -0.05) is 19.4 Å². The van der Waals surface area contributed by atoms with Crippen LogP contribution in [-0.4, -0.2) is 13.0 Å². The Morgan fingerprint density at radius 2 is 2.24 bits per heavy atom. The van der Waals surface area contributed by atoms with E-state index in [9.17, 15) is 4.79 Å². The van der Waals surface area contributed by atoms with E-state index in [-0.39, 0.29) is 11.9 Å². The average molecular weight is 304 g/mol. The van der Waals surface area contributed by atoms with Crippen molar-refractivity contribution in [2.24, 2.45) is 0 Å². The minimum atomic E-state index is -0.161. The van der Waals surface area contributed by atoms with Crippen molar-refractivity contribution in [3.63, 3.8) is 0 Å². The minimum absolute atomic E-state index is 0.0219. The van der Waals surface area contributed by atoms with Crippen LogP contribution in [0.3, 0.4) is 0 Å². The van der Waals surface area contributed by atoms with Gasteiger partial charge < -0.3 is 15.8 Å². The summed E-state index contributed by atoms with van der Waals surface area (Å²) < 4.78 is 5.24. The quantitative estimate of drug-likeness (QED) is 0.801. The van der Waals surface area contributed by atoms with Gasteiger partial charge in [0.15, 0.2) is 0 Å². The van der Waals surface area contributed by atoms with Gasteiger partial charge in [-0.3, -0.25) is 4.79 Å². The third-order valence-corrected chi connectivity index (χ3v) is 4.22. The lowest BCUT2D eigenvalue weighted by Crippen LogP contribution is -2.28. The zero-order valence-corrected chi connectivity index (χ0v) is 13.1. The van der Waals surface area contributed by atoms with Crippen molar-refractivity contribution in [3.8, 4) is 5.75 Å². The van der Waals surface area contributed by atoms with Crippen molar-refractivity contribution < 1.29 is 9.53 Å². The van der Waals surface area contributed by atoms with Gasteiger partial charge in [0.25, 0.3) is 5.91 Å². The monoisotopic (exact) mass is 304 g/mol. The van der Waals surface area contributed by atoms with E-state index >= 15 is 0 Å². The van der Waals surface area contributed by atoms with E-state index in [2.05, 4.69) is 12.2 Å². The highest BCUT2D eigenvalue weighted by molar-refractivity contribution is 7.10. The highest BCUT2D eigenvalue weighted by Gasteiger charge is 2.18. The summed E-state index contributed by atoms with van der Waals surface area (Å²) in [7, 11) is 1.55. The molecule has 0 saturated carbocycles. The Kier molecular flexibility index (Phi) is 5.22. The molecule has 0 fully saturated rings. The van der Waals surface area contributed by atoms with Gasteiger partial charge in [-0.15, -0.1) is 11.3 Å². The second-order valence-corrected chi connectivity index (χ2v) is 5.77. The Balaban J connectivity index is 2.21. The fraction of sp³-hybridized carbons (Fsp3) is 0.312. The normalized spacial score (nSPS) is 11.9. The number of rotatable bonds is 6. The summed E-state index contributed by atoms with van der Waals surface area (Å²) in [6, 6.07) is 9.14. The van der Waals surface area contributed by atoms with Crippen LogP contribution in [0.25, 0.3) is 0 Å². The van der Waals surface area contributed by atoms with Gasteiger partial charge in [0, 0.05) is 10.6 Å². The Labute approximate surface area is 128 Å². The van der Waals surface area contributed by atoms with Gasteiger partial charge in [0.05, 0.1) is 18.7 Å². The van der Waals surface area contributed by atoms with Crippen LogP contribution in [0, 0.1) is 0 Å². The maximum atomic E-state index is 12.5. The van der Waals surface area contributed by atoms with Crippen LogP contribution in [0.4, 0.5) is 5.69 Å². The van der Waals surface area contributed by atoms with Gasteiger partial charge in [-0.05, 0) is 36.1 Å². The molecule has 1 atom stereocenters. The molecule has 1 heterocycles. The molecule has 0 bridgehead atoms. The van der Waals surface area contributed by atoms with E-state index in [0.29, 0.717) is 17.0 Å². The number of hydrogen-bond acceptors (Lipinski definition) is 4. The third-order valence-electron chi connectivity index (χ3n) is 3.24. The minimum Gasteiger partial charge on any atom is -0.496 e. The molecular weight excluding hydrogens is 284 g/mol. The summed E-state index contributed by atoms with van der Waals surface area (Å²) in [6.07, 6.45) is 1.90. The fourth-order valence-corrected chi connectivity index (χ4v) is 3.02. The van der Waals surface area contributed by atoms with Crippen molar-refractivity contribution in [3.05, 3.63) is 46.2 Å². The number of anilines is 1. The zero-order chi connectivity index (χ0) is 15.2. The maximum absolute atomic E-state index is 12.5. The van der Waals surface area contributed by atoms with Crippen molar-refractivity contribution in [2.45, 2.75) is 25.8 Å². The van der Waals surface area contributed by atoms with Crippen molar-refractivity contribution in [1.82, 2.24) is 5.32 Å². The first-order valence-electron chi connectivity index (χ1n) is 6.93. The molecule has 1 amide bonds. The predicted octanol–water partition coefficient (Wildman–Crippen LogP) is 3.61. The molecule has 3 N–H and O–H groups in total. The van der Waals surface area contributed by atoms with Crippen LogP contribution in [0.15, 0.2) is 35.7 Å². The molecule has 0 aliphatic rings. The fourth-order valence-electron chi connectivity index (χ4n) is 2.20. The second kappa shape index (κ2) is 7.13. The van der Waals surface area contributed by atoms with Gasteiger partial charge in [-0.2, -0.15) is 0 Å². The number of nitrogen functional groups attached to an aromatic ring is 1. The lowest BCUT2D eigenvalue weighted by Gasteiger charge is -2.18. The first-order chi connectivity index (χ1) is 10.2. The van der Waals surface area contributed by atoms with Crippen LogP contribution >= 0.6 is 11.3 Å². The average Bonchev–Trinajstić information content (AvgIpc) is 3.00. The smallest absolute Gasteiger partial charge is 0.255 e. The van der Waals surface area contributed by atoms with E-state index < -0.39 is 0 Å². The molecule has 0 radical (unpaired) electrons. The second-order valence-electron chi connectivity index (χ2n) is 4.79. The van der Waals surface area contributed by atoms with Crippen LogP contribution in [-0.2, 0) is 0 Å². The van der Waals surface area contributed by atoms with Gasteiger partial charge in [0.1, 0.15) is 5.75 Å². The number of hydrogen-bond donors (Lipinski definition) is 2.